The van der Waals surface area contributed by atoms with E-state index in [9.17, 15) is 14.4 Å². The van der Waals surface area contributed by atoms with Crippen molar-refractivity contribution in [2.75, 3.05) is 6.61 Å². The molecule has 0 spiro atoms. The molecule has 7 nitrogen and oxygen atoms in total. The lowest BCUT2D eigenvalue weighted by atomic mass is 10.1. The Labute approximate surface area is 135 Å². The molecule has 0 heterocycles. The maximum absolute atomic E-state index is 11.6. The van der Waals surface area contributed by atoms with Gasteiger partial charge in [-0.05, 0) is 24.6 Å². The molecule has 0 aromatic heterocycles. The second-order valence-corrected chi connectivity index (χ2v) is 5.10. The van der Waals surface area contributed by atoms with Crippen LogP contribution >= 0.6 is 23.2 Å². The fourth-order valence-corrected chi connectivity index (χ4v) is 1.96. The van der Waals surface area contributed by atoms with Gasteiger partial charge in [0.1, 0.15) is 11.8 Å². The topological polar surface area (TPSA) is 113 Å². The molecule has 0 aliphatic heterocycles. The van der Waals surface area contributed by atoms with Gasteiger partial charge >= 0.3 is 11.9 Å². The summed E-state index contributed by atoms with van der Waals surface area (Å²) in [5.74, 6) is -2.95. The molecule has 0 aliphatic carbocycles. The molecule has 3 N–H and O–H groups in total. The highest BCUT2D eigenvalue weighted by atomic mass is 35.5. The lowest BCUT2D eigenvalue weighted by Gasteiger charge is -2.14. The molecule has 1 aromatic carbocycles. The van der Waals surface area contributed by atoms with Gasteiger partial charge in [-0.2, -0.15) is 0 Å². The average molecular weight is 350 g/mol. The highest BCUT2D eigenvalue weighted by molar-refractivity contribution is 6.35. The number of carboxylic acids is 2. The molecule has 1 aromatic rings. The zero-order valence-corrected chi connectivity index (χ0v) is 12.7. The quantitative estimate of drug-likeness (QED) is 0.659. The molecule has 1 atom stereocenters. The third kappa shape index (κ3) is 6.19. The number of rotatable bonds is 8. The van der Waals surface area contributed by atoms with Crippen molar-refractivity contribution < 1.29 is 29.3 Å². The predicted molar refractivity (Wildman–Crippen MR) is 78.4 cm³/mol. The molecule has 0 saturated heterocycles. The van der Waals surface area contributed by atoms with E-state index in [1.807, 2.05) is 0 Å². The Kier molecular flexibility index (Phi) is 6.94. The van der Waals surface area contributed by atoms with Crippen molar-refractivity contribution in [3.8, 4) is 5.75 Å². The molecule has 1 amide bonds. The van der Waals surface area contributed by atoms with Crippen LogP contribution in [0.5, 0.6) is 5.75 Å². The number of halogens is 2. The van der Waals surface area contributed by atoms with Crippen LogP contribution in [0, 0.1) is 0 Å². The van der Waals surface area contributed by atoms with Gasteiger partial charge in [0.05, 0.1) is 5.02 Å². The third-order valence-electron chi connectivity index (χ3n) is 2.53. The van der Waals surface area contributed by atoms with Gasteiger partial charge in [-0.25, -0.2) is 4.79 Å². The van der Waals surface area contributed by atoms with Crippen LogP contribution in [-0.2, 0) is 14.4 Å². The number of ether oxygens (including phenoxy) is 1. The van der Waals surface area contributed by atoms with E-state index >= 15 is 0 Å². The molecule has 0 fully saturated rings. The fraction of sp³-hybridized carbons (Fsp3) is 0.308. The van der Waals surface area contributed by atoms with E-state index in [1.165, 1.54) is 18.2 Å². The third-order valence-corrected chi connectivity index (χ3v) is 3.06. The van der Waals surface area contributed by atoms with Gasteiger partial charge in [-0.15, -0.1) is 0 Å². The Morgan fingerprint density at radius 1 is 1.23 bits per heavy atom. The van der Waals surface area contributed by atoms with Gasteiger partial charge < -0.3 is 20.3 Å². The maximum atomic E-state index is 11.6. The van der Waals surface area contributed by atoms with Gasteiger partial charge in [0.2, 0.25) is 0 Å². The van der Waals surface area contributed by atoms with Crippen LogP contribution in [-0.4, -0.2) is 40.7 Å². The van der Waals surface area contributed by atoms with Crippen molar-refractivity contribution >= 4 is 41.0 Å². The lowest BCUT2D eigenvalue weighted by Crippen LogP contribution is -2.43. The Morgan fingerprint density at radius 3 is 2.45 bits per heavy atom. The number of aliphatic carboxylic acids is 2. The smallest absolute Gasteiger partial charge is 0.326 e. The molecule has 22 heavy (non-hydrogen) atoms. The highest BCUT2D eigenvalue weighted by Crippen LogP contribution is 2.27. The van der Waals surface area contributed by atoms with E-state index in [0.717, 1.165) is 0 Å². The number of hydrogen-bond acceptors (Lipinski definition) is 4. The molecule has 0 saturated carbocycles. The highest BCUT2D eigenvalue weighted by Gasteiger charge is 2.21. The van der Waals surface area contributed by atoms with Crippen molar-refractivity contribution in [2.45, 2.75) is 18.9 Å². The van der Waals surface area contributed by atoms with Gasteiger partial charge in [0, 0.05) is 11.4 Å². The van der Waals surface area contributed by atoms with Crippen LogP contribution in [0.25, 0.3) is 0 Å². The summed E-state index contributed by atoms with van der Waals surface area (Å²) in [6.45, 7) is -0.460. The number of nitrogens with one attached hydrogen (secondary N) is 1. The summed E-state index contributed by atoms with van der Waals surface area (Å²) >= 11 is 11.6. The van der Waals surface area contributed by atoms with E-state index in [1.54, 1.807) is 0 Å². The van der Waals surface area contributed by atoms with Crippen LogP contribution < -0.4 is 10.1 Å². The summed E-state index contributed by atoms with van der Waals surface area (Å²) < 4.78 is 5.15. The molecular formula is C13H13Cl2NO6. The SMILES string of the molecule is O=C(O)CC[C@H](NC(=O)COc1ccc(Cl)cc1Cl)C(=O)O. The minimum absolute atomic E-state index is 0.209. The van der Waals surface area contributed by atoms with E-state index in [-0.39, 0.29) is 23.6 Å². The Bertz CT molecular complexity index is 578. The molecule has 0 unspecified atom stereocenters. The first kappa shape index (κ1) is 18.1. The largest absolute Gasteiger partial charge is 0.482 e. The molecule has 0 bridgehead atoms. The van der Waals surface area contributed by atoms with E-state index in [0.29, 0.717) is 5.02 Å². The van der Waals surface area contributed by atoms with Crippen molar-refractivity contribution in [1.29, 1.82) is 0 Å². The second kappa shape index (κ2) is 8.45. The van der Waals surface area contributed by atoms with Gasteiger partial charge in [-0.1, -0.05) is 23.2 Å². The normalized spacial score (nSPS) is 11.5. The van der Waals surface area contributed by atoms with Crippen LogP contribution in [0.3, 0.4) is 0 Å². The van der Waals surface area contributed by atoms with Crippen molar-refractivity contribution in [2.24, 2.45) is 0 Å². The summed E-state index contributed by atoms with van der Waals surface area (Å²) in [5.41, 5.74) is 0. The molecule has 0 radical (unpaired) electrons. The predicted octanol–water partition coefficient (Wildman–Crippen LogP) is 1.81. The average Bonchev–Trinajstić information content (AvgIpc) is 2.41. The standard InChI is InChI=1S/C13H13Cl2NO6/c14-7-1-3-10(8(15)5-7)22-6-11(17)16-9(13(20)21)2-4-12(18)19/h1,3,5,9H,2,4,6H2,(H,16,17)(H,18,19)(H,20,21)/t9-/m0/s1. The molecule has 1 rings (SSSR count). The van der Waals surface area contributed by atoms with Crippen LogP contribution in [0.15, 0.2) is 18.2 Å². The summed E-state index contributed by atoms with van der Waals surface area (Å²) in [6.07, 6.45) is -0.598. The molecule has 9 heteroatoms. The van der Waals surface area contributed by atoms with Crippen molar-refractivity contribution in [3.63, 3.8) is 0 Å². The first-order valence-electron chi connectivity index (χ1n) is 6.11. The number of carboxylic acid groups (broad SMARTS) is 2. The monoisotopic (exact) mass is 349 g/mol. The van der Waals surface area contributed by atoms with Crippen LogP contribution in [0.1, 0.15) is 12.8 Å². The summed E-state index contributed by atoms with van der Waals surface area (Å²) in [4.78, 5) is 33.0. The summed E-state index contributed by atoms with van der Waals surface area (Å²) in [6, 6.07) is 3.13. The van der Waals surface area contributed by atoms with Crippen LogP contribution in [0.2, 0.25) is 10.0 Å². The Balaban J connectivity index is 2.53. The second-order valence-electron chi connectivity index (χ2n) is 4.25. The minimum Gasteiger partial charge on any atom is -0.482 e. The number of carbonyl (C=O) groups is 3. The lowest BCUT2D eigenvalue weighted by molar-refractivity contribution is -0.143. The van der Waals surface area contributed by atoms with E-state index < -0.39 is 30.5 Å². The van der Waals surface area contributed by atoms with Crippen molar-refractivity contribution in [3.05, 3.63) is 28.2 Å². The molecule has 0 aliphatic rings. The first-order valence-corrected chi connectivity index (χ1v) is 6.87. The number of hydrogen-bond donors (Lipinski definition) is 3. The van der Waals surface area contributed by atoms with Gasteiger partial charge in [-0.3, -0.25) is 9.59 Å². The summed E-state index contributed by atoms with van der Waals surface area (Å²) in [7, 11) is 0. The fourth-order valence-electron chi connectivity index (χ4n) is 1.50. The number of benzene rings is 1. The Hall–Kier alpha value is -1.99. The zero-order chi connectivity index (χ0) is 16.7. The van der Waals surface area contributed by atoms with E-state index in [4.69, 9.17) is 38.2 Å². The van der Waals surface area contributed by atoms with Crippen molar-refractivity contribution in [1.82, 2.24) is 5.32 Å². The summed E-state index contributed by atoms with van der Waals surface area (Å²) in [5, 5.41) is 20.2. The van der Waals surface area contributed by atoms with E-state index in [2.05, 4.69) is 5.32 Å². The Morgan fingerprint density at radius 2 is 1.91 bits per heavy atom. The van der Waals surface area contributed by atoms with Gasteiger partial charge in [0.15, 0.2) is 6.61 Å². The van der Waals surface area contributed by atoms with Gasteiger partial charge in [0.25, 0.3) is 5.91 Å². The number of amides is 1. The van der Waals surface area contributed by atoms with Crippen LogP contribution in [0.4, 0.5) is 0 Å². The molecule has 120 valence electrons. The molecular weight excluding hydrogens is 337 g/mol. The maximum Gasteiger partial charge on any atom is 0.326 e. The minimum atomic E-state index is -1.32. The zero-order valence-electron chi connectivity index (χ0n) is 11.2. The first-order chi connectivity index (χ1) is 10.3. The number of carbonyl (C=O) groups excluding carboxylic acids is 1.